The van der Waals surface area contributed by atoms with Gasteiger partial charge in [-0.2, -0.15) is 0 Å². The number of thiazole rings is 1. The van der Waals surface area contributed by atoms with Gasteiger partial charge in [-0.05, 0) is 72.7 Å². The van der Waals surface area contributed by atoms with Crippen molar-refractivity contribution in [2.45, 2.75) is 23.5 Å². The topological polar surface area (TPSA) is 100 Å². The van der Waals surface area contributed by atoms with Crippen molar-refractivity contribution in [3.63, 3.8) is 0 Å². The van der Waals surface area contributed by atoms with Crippen molar-refractivity contribution < 1.29 is 18.8 Å². The molecule has 0 saturated carbocycles. The van der Waals surface area contributed by atoms with E-state index in [4.69, 9.17) is 0 Å². The highest BCUT2D eigenvalue weighted by Gasteiger charge is 2.20. The van der Waals surface area contributed by atoms with E-state index in [1.807, 2.05) is 54.8 Å². The summed E-state index contributed by atoms with van der Waals surface area (Å²) >= 11 is 2.67. The number of nitrogens with one attached hydrogen (secondary N) is 3. The third-order valence-electron chi connectivity index (χ3n) is 6.55. The van der Waals surface area contributed by atoms with Gasteiger partial charge in [-0.3, -0.25) is 14.4 Å². The molecule has 0 aliphatic heterocycles. The third kappa shape index (κ3) is 8.75. The zero-order valence-corrected chi connectivity index (χ0v) is 25.8. The largest absolute Gasteiger partial charge is 0.321 e. The first kappa shape index (κ1) is 31.4. The number of anilines is 2. The van der Waals surface area contributed by atoms with Gasteiger partial charge in [-0.15, -0.1) is 23.1 Å². The zero-order valence-electron chi connectivity index (χ0n) is 24.2. The first-order valence-electron chi connectivity index (χ1n) is 14.1. The van der Waals surface area contributed by atoms with Gasteiger partial charge in [0, 0.05) is 27.1 Å². The van der Waals surface area contributed by atoms with Gasteiger partial charge in [0.1, 0.15) is 11.5 Å². The van der Waals surface area contributed by atoms with Crippen LogP contribution < -0.4 is 16.0 Å². The lowest BCUT2D eigenvalue weighted by Crippen LogP contribution is -2.30. The van der Waals surface area contributed by atoms with Crippen LogP contribution >= 0.6 is 23.1 Å². The molecule has 226 valence electrons. The molecule has 3 amide bonds. The molecular formula is C35H29FN4O3S2. The number of aromatic nitrogens is 1. The van der Waals surface area contributed by atoms with E-state index in [1.165, 1.54) is 35.2 Å². The fourth-order valence-electron chi connectivity index (χ4n) is 4.26. The Kier molecular flexibility index (Phi) is 10.5. The molecule has 5 rings (SSSR count). The summed E-state index contributed by atoms with van der Waals surface area (Å²) < 4.78 is 13.3. The molecule has 0 aliphatic carbocycles. The summed E-state index contributed by atoms with van der Waals surface area (Å²) in [7, 11) is 0. The fourth-order valence-corrected chi connectivity index (χ4v) is 6.00. The molecule has 0 bridgehead atoms. The molecule has 7 nitrogen and oxygen atoms in total. The Hall–Kier alpha value is -5.06. The van der Waals surface area contributed by atoms with Crippen LogP contribution in [-0.4, -0.2) is 28.0 Å². The summed E-state index contributed by atoms with van der Waals surface area (Å²) in [5, 5.41) is 10.3. The molecule has 1 atom stereocenters. The van der Waals surface area contributed by atoms with Gasteiger partial charge in [0.2, 0.25) is 5.91 Å². The van der Waals surface area contributed by atoms with Gasteiger partial charge >= 0.3 is 0 Å². The van der Waals surface area contributed by atoms with Crippen molar-refractivity contribution in [1.82, 2.24) is 10.3 Å². The highest BCUT2D eigenvalue weighted by Crippen LogP contribution is 2.30. The van der Waals surface area contributed by atoms with Crippen LogP contribution in [0.1, 0.15) is 29.3 Å². The predicted molar refractivity (Wildman–Crippen MR) is 179 cm³/mol. The van der Waals surface area contributed by atoms with Crippen LogP contribution in [0.3, 0.4) is 0 Å². The Morgan fingerprint density at radius 1 is 0.889 bits per heavy atom. The number of halogens is 1. The van der Waals surface area contributed by atoms with Crippen molar-refractivity contribution in [1.29, 1.82) is 0 Å². The number of rotatable bonds is 11. The maximum atomic E-state index is 13.4. The summed E-state index contributed by atoms with van der Waals surface area (Å²) in [5.74, 6) is -1.42. The van der Waals surface area contributed by atoms with Crippen molar-refractivity contribution in [3.05, 3.63) is 137 Å². The average Bonchev–Trinajstić information content (AvgIpc) is 3.53. The van der Waals surface area contributed by atoms with E-state index in [2.05, 4.69) is 20.9 Å². The maximum absolute atomic E-state index is 13.4. The number of amides is 3. The van der Waals surface area contributed by atoms with Crippen LogP contribution in [0.5, 0.6) is 0 Å². The molecule has 1 aromatic heterocycles. The molecule has 1 unspecified atom stereocenters. The van der Waals surface area contributed by atoms with E-state index < -0.39 is 17.1 Å². The van der Waals surface area contributed by atoms with Gasteiger partial charge in [0.15, 0.2) is 5.13 Å². The molecule has 0 spiro atoms. The van der Waals surface area contributed by atoms with Crippen LogP contribution in [0.2, 0.25) is 0 Å². The fraction of sp³-hybridized carbons (Fsp3) is 0.0857. The third-order valence-corrected chi connectivity index (χ3v) is 8.66. The van der Waals surface area contributed by atoms with Gasteiger partial charge in [-0.25, -0.2) is 9.37 Å². The summed E-state index contributed by atoms with van der Waals surface area (Å²) in [6.07, 6.45) is 2.17. The van der Waals surface area contributed by atoms with E-state index in [1.54, 1.807) is 60.7 Å². The molecule has 1 heterocycles. The Bertz CT molecular complexity index is 1810. The smallest absolute Gasteiger partial charge is 0.272 e. The minimum Gasteiger partial charge on any atom is -0.321 e. The second kappa shape index (κ2) is 15.1. The normalized spacial score (nSPS) is 11.8. The standard InChI is InChI=1S/C35H29FN4O3S2/c1-2-31(34(43)40-35-39-30(22-44-35)24-16-18-26(36)19-17-24)45-28-15-9-14-27(21-28)37-33(42)29(20-23-10-5-3-6-11-23)38-32(41)25-12-7-4-8-13-25/h3-22,31H,2H2,1H3,(H,37,42)(H,38,41)(H,39,40,43)/b29-20-. The summed E-state index contributed by atoms with van der Waals surface area (Å²) in [6, 6.07) is 31.1. The second-order valence-corrected chi connectivity index (χ2v) is 12.0. The van der Waals surface area contributed by atoms with Gasteiger partial charge in [-0.1, -0.05) is 61.5 Å². The average molecular weight is 637 g/mol. The SMILES string of the molecule is CCC(Sc1cccc(NC(=O)/C(=C/c2ccccc2)NC(=O)c2ccccc2)c1)C(=O)Nc1nc(-c2ccc(F)cc2)cs1. The van der Waals surface area contributed by atoms with Gasteiger partial charge in [0.05, 0.1) is 10.9 Å². The molecule has 0 fully saturated rings. The lowest BCUT2D eigenvalue weighted by Gasteiger charge is -2.15. The number of hydrogen-bond acceptors (Lipinski definition) is 6. The van der Waals surface area contributed by atoms with Gasteiger partial charge < -0.3 is 16.0 Å². The van der Waals surface area contributed by atoms with Crippen LogP contribution in [0, 0.1) is 5.82 Å². The highest BCUT2D eigenvalue weighted by atomic mass is 32.2. The molecule has 10 heteroatoms. The molecule has 4 aromatic carbocycles. The van der Waals surface area contributed by atoms with Crippen LogP contribution in [0.4, 0.5) is 15.2 Å². The van der Waals surface area contributed by atoms with E-state index in [-0.39, 0.29) is 17.4 Å². The number of benzene rings is 4. The highest BCUT2D eigenvalue weighted by molar-refractivity contribution is 8.00. The van der Waals surface area contributed by atoms with Crippen molar-refractivity contribution in [2.75, 3.05) is 10.6 Å². The quantitative estimate of drug-likeness (QED) is 0.101. The van der Waals surface area contributed by atoms with Crippen molar-refractivity contribution in [3.8, 4) is 11.3 Å². The number of hydrogen-bond donors (Lipinski definition) is 3. The predicted octanol–water partition coefficient (Wildman–Crippen LogP) is 7.87. The van der Waals surface area contributed by atoms with Crippen molar-refractivity contribution in [2.24, 2.45) is 0 Å². The number of nitrogens with zero attached hydrogens (tertiary/aromatic N) is 1. The first-order chi connectivity index (χ1) is 21.9. The monoisotopic (exact) mass is 636 g/mol. The Labute approximate surface area is 268 Å². The molecule has 45 heavy (non-hydrogen) atoms. The Morgan fingerprint density at radius 3 is 2.31 bits per heavy atom. The second-order valence-electron chi connectivity index (χ2n) is 9.82. The van der Waals surface area contributed by atoms with Crippen molar-refractivity contribution >= 4 is 57.7 Å². The molecule has 3 N–H and O–H groups in total. The lowest BCUT2D eigenvalue weighted by atomic mass is 10.1. The minimum absolute atomic E-state index is 0.0855. The molecule has 0 saturated heterocycles. The lowest BCUT2D eigenvalue weighted by molar-refractivity contribution is -0.116. The van der Waals surface area contributed by atoms with Crippen LogP contribution in [0.25, 0.3) is 17.3 Å². The molecule has 0 radical (unpaired) electrons. The minimum atomic E-state index is -0.490. The molecule has 5 aromatic rings. The van der Waals surface area contributed by atoms with E-state index in [9.17, 15) is 18.8 Å². The number of thioether (sulfide) groups is 1. The molecule has 0 aliphatic rings. The van der Waals surface area contributed by atoms with E-state index >= 15 is 0 Å². The Balaban J connectivity index is 1.26. The van der Waals surface area contributed by atoms with Gasteiger partial charge in [0.25, 0.3) is 11.8 Å². The number of carbonyl (C=O) groups is 3. The zero-order chi connectivity index (χ0) is 31.6. The molecular weight excluding hydrogens is 608 g/mol. The summed E-state index contributed by atoms with van der Waals surface area (Å²) in [5.41, 5.74) is 3.19. The van der Waals surface area contributed by atoms with Crippen LogP contribution in [0.15, 0.2) is 125 Å². The Morgan fingerprint density at radius 2 is 1.60 bits per heavy atom. The van der Waals surface area contributed by atoms with E-state index in [0.29, 0.717) is 28.5 Å². The summed E-state index contributed by atoms with van der Waals surface area (Å²) in [4.78, 5) is 44.7. The van der Waals surface area contributed by atoms with E-state index in [0.717, 1.165) is 16.0 Å². The summed E-state index contributed by atoms with van der Waals surface area (Å²) in [6.45, 7) is 1.92. The first-order valence-corrected chi connectivity index (χ1v) is 15.9. The van der Waals surface area contributed by atoms with Crippen LogP contribution in [-0.2, 0) is 9.59 Å². The number of carbonyl (C=O) groups excluding carboxylic acids is 3. The maximum Gasteiger partial charge on any atom is 0.272 e.